The standard InChI is InChI=1S/C14H17F3O3/c1-3-19-13(14(15,16)17)12(20-13)9-6-10-4-7-11(18-2)8-5-10/h4-5,7-8,12H,3,6,9H2,1-2H3. The Morgan fingerprint density at radius 2 is 1.90 bits per heavy atom. The van der Waals surface area contributed by atoms with Gasteiger partial charge in [0.1, 0.15) is 11.9 Å². The molecule has 20 heavy (non-hydrogen) atoms. The Balaban J connectivity index is 1.91. The zero-order valence-corrected chi connectivity index (χ0v) is 11.4. The molecule has 112 valence electrons. The van der Waals surface area contributed by atoms with Crippen LogP contribution in [-0.2, 0) is 15.9 Å². The Morgan fingerprint density at radius 1 is 1.25 bits per heavy atom. The van der Waals surface area contributed by atoms with Crippen LogP contribution in [0.3, 0.4) is 0 Å². The Kier molecular flexibility index (Phi) is 4.25. The van der Waals surface area contributed by atoms with Crippen molar-refractivity contribution < 1.29 is 27.4 Å². The summed E-state index contributed by atoms with van der Waals surface area (Å²) in [5.41, 5.74) is 0.939. The van der Waals surface area contributed by atoms with Crippen molar-refractivity contribution in [1.29, 1.82) is 0 Å². The summed E-state index contributed by atoms with van der Waals surface area (Å²) in [6, 6.07) is 7.22. The third kappa shape index (κ3) is 2.91. The fourth-order valence-corrected chi connectivity index (χ4v) is 2.19. The van der Waals surface area contributed by atoms with Crippen LogP contribution in [0.5, 0.6) is 5.75 Å². The van der Waals surface area contributed by atoms with Crippen molar-refractivity contribution in [2.75, 3.05) is 13.7 Å². The second-order valence-electron chi connectivity index (χ2n) is 4.59. The summed E-state index contributed by atoms with van der Waals surface area (Å²) in [5, 5.41) is 0. The van der Waals surface area contributed by atoms with Crippen molar-refractivity contribution in [1.82, 2.24) is 0 Å². The second kappa shape index (κ2) is 5.61. The Hall–Kier alpha value is -1.27. The Morgan fingerprint density at radius 3 is 2.40 bits per heavy atom. The largest absolute Gasteiger partial charge is 0.497 e. The van der Waals surface area contributed by atoms with Crippen molar-refractivity contribution >= 4 is 0 Å². The highest BCUT2D eigenvalue weighted by Gasteiger charge is 2.74. The molecule has 0 aromatic heterocycles. The van der Waals surface area contributed by atoms with Crippen LogP contribution in [0.15, 0.2) is 24.3 Å². The third-order valence-corrected chi connectivity index (χ3v) is 3.29. The fourth-order valence-electron chi connectivity index (χ4n) is 2.19. The minimum atomic E-state index is -4.49. The van der Waals surface area contributed by atoms with E-state index < -0.39 is 18.1 Å². The lowest BCUT2D eigenvalue weighted by Crippen LogP contribution is -2.38. The number of rotatable bonds is 6. The summed E-state index contributed by atoms with van der Waals surface area (Å²) in [6.07, 6.45) is -4.65. The molecule has 1 fully saturated rings. The predicted molar refractivity (Wildman–Crippen MR) is 66.6 cm³/mol. The van der Waals surface area contributed by atoms with E-state index in [4.69, 9.17) is 14.2 Å². The van der Waals surface area contributed by atoms with Gasteiger partial charge in [0.05, 0.1) is 7.11 Å². The molecule has 0 radical (unpaired) electrons. The Labute approximate surface area is 115 Å². The van der Waals surface area contributed by atoms with Gasteiger partial charge in [0, 0.05) is 6.61 Å². The van der Waals surface area contributed by atoms with Crippen molar-refractivity contribution in [3.63, 3.8) is 0 Å². The van der Waals surface area contributed by atoms with Crippen LogP contribution in [0, 0.1) is 0 Å². The van der Waals surface area contributed by atoms with E-state index in [9.17, 15) is 13.2 Å². The van der Waals surface area contributed by atoms with E-state index in [2.05, 4.69) is 0 Å². The minimum Gasteiger partial charge on any atom is -0.497 e. The molecule has 1 aliphatic rings. The highest BCUT2D eigenvalue weighted by atomic mass is 19.4. The second-order valence-corrected chi connectivity index (χ2v) is 4.59. The van der Waals surface area contributed by atoms with Gasteiger partial charge < -0.3 is 14.2 Å². The average molecular weight is 290 g/mol. The van der Waals surface area contributed by atoms with E-state index in [0.717, 1.165) is 11.3 Å². The van der Waals surface area contributed by atoms with Crippen molar-refractivity contribution in [3.8, 4) is 5.75 Å². The van der Waals surface area contributed by atoms with E-state index in [0.29, 0.717) is 6.42 Å². The van der Waals surface area contributed by atoms with E-state index in [-0.39, 0.29) is 13.0 Å². The zero-order valence-electron chi connectivity index (χ0n) is 11.4. The van der Waals surface area contributed by atoms with Crippen LogP contribution in [0.2, 0.25) is 0 Å². The monoisotopic (exact) mass is 290 g/mol. The molecule has 2 rings (SSSR count). The van der Waals surface area contributed by atoms with Crippen LogP contribution in [0.4, 0.5) is 13.2 Å². The van der Waals surface area contributed by atoms with Gasteiger partial charge in [-0.2, -0.15) is 13.2 Å². The molecule has 0 bridgehead atoms. The topological polar surface area (TPSA) is 31.0 Å². The first kappa shape index (κ1) is 15.1. The minimum absolute atomic E-state index is 0.0292. The number of methoxy groups -OCH3 is 1. The van der Waals surface area contributed by atoms with Crippen LogP contribution in [0.1, 0.15) is 18.9 Å². The van der Waals surface area contributed by atoms with Crippen molar-refractivity contribution in [3.05, 3.63) is 29.8 Å². The van der Waals surface area contributed by atoms with Crippen molar-refractivity contribution in [2.45, 2.75) is 37.8 Å². The van der Waals surface area contributed by atoms with E-state index in [1.165, 1.54) is 6.92 Å². The molecule has 0 aliphatic carbocycles. The molecule has 1 aromatic rings. The van der Waals surface area contributed by atoms with Gasteiger partial charge in [-0.05, 0) is 37.5 Å². The van der Waals surface area contributed by atoms with Gasteiger partial charge in [-0.25, -0.2) is 0 Å². The average Bonchev–Trinajstić information content (AvgIpc) is 3.12. The van der Waals surface area contributed by atoms with Crippen LogP contribution in [0.25, 0.3) is 0 Å². The summed E-state index contributed by atoms with van der Waals surface area (Å²) in [4.78, 5) is 0. The van der Waals surface area contributed by atoms with E-state index in [1.807, 2.05) is 12.1 Å². The highest BCUT2D eigenvalue weighted by molar-refractivity contribution is 5.27. The zero-order chi connectivity index (χ0) is 14.8. The molecular formula is C14H17F3O3. The van der Waals surface area contributed by atoms with Gasteiger partial charge in [-0.3, -0.25) is 0 Å². The summed E-state index contributed by atoms with van der Waals surface area (Å²) < 4.78 is 53.3. The first-order valence-corrected chi connectivity index (χ1v) is 6.44. The van der Waals surface area contributed by atoms with Gasteiger partial charge in [-0.1, -0.05) is 12.1 Å². The number of ether oxygens (including phenoxy) is 3. The molecule has 2 atom stereocenters. The van der Waals surface area contributed by atoms with Gasteiger partial charge in [-0.15, -0.1) is 0 Å². The summed E-state index contributed by atoms with van der Waals surface area (Å²) >= 11 is 0. The maximum absolute atomic E-state index is 12.9. The molecule has 1 heterocycles. The van der Waals surface area contributed by atoms with Gasteiger partial charge in [0.15, 0.2) is 0 Å². The number of hydrogen-bond acceptors (Lipinski definition) is 3. The molecule has 1 aromatic carbocycles. The highest BCUT2D eigenvalue weighted by Crippen LogP contribution is 2.52. The third-order valence-electron chi connectivity index (χ3n) is 3.29. The lowest BCUT2D eigenvalue weighted by atomic mass is 10.1. The molecule has 0 N–H and O–H groups in total. The molecule has 1 aliphatic heterocycles. The molecule has 1 saturated heterocycles. The molecule has 0 saturated carbocycles. The number of benzene rings is 1. The summed E-state index contributed by atoms with van der Waals surface area (Å²) in [5.74, 6) is -1.68. The molecule has 2 unspecified atom stereocenters. The molecular weight excluding hydrogens is 273 g/mol. The predicted octanol–water partition coefficient (Wildman–Crippen LogP) is 3.32. The van der Waals surface area contributed by atoms with Crippen molar-refractivity contribution in [2.24, 2.45) is 0 Å². The molecule has 0 amide bonds. The van der Waals surface area contributed by atoms with Gasteiger partial charge in [0.25, 0.3) is 5.79 Å². The fraction of sp³-hybridized carbons (Fsp3) is 0.571. The van der Waals surface area contributed by atoms with E-state index in [1.54, 1.807) is 19.2 Å². The smallest absolute Gasteiger partial charge is 0.446 e. The quantitative estimate of drug-likeness (QED) is 0.753. The normalized spacial score (nSPS) is 25.6. The first-order valence-electron chi connectivity index (χ1n) is 6.44. The Bertz CT molecular complexity index is 444. The SMILES string of the molecule is CCOC1(C(F)(F)F)OC1CCc1ccc(OC)cc1. The lowest BCUT2D eigenvalue weighted by Gasteiger charge is -2.16. The maximum Gasteiger partial charge on any atom is 0.446 e. The van der Waals surface area contributed by atoms with Crippen LogP contribution in [-0.4, -0.2) is 31.8 Å². The van der Waals surface area contributed by atoms with Gasteiger partial charge in [0.2, 0.25) is 0 Å². The molecule has 3 nitrogen and oxygen atoms in total. The molecule has 0 spiro atoms. The number of hydrogen-bond donors (Lipinski definition) is 0. The number of halogens is 3. The van der Waals surface area contributed by atoms with E-state index >= 15 is 0 Å². The number of epoxide rings is 1. The maximum atomic E-state index is 12.9. The molecule has 6 heteroatoms. The van der Waals surface area contributed by atoms with Crippen LogP contribution >= 0.6 is 0 Å². The van der Waals surface area contributed by atoms with Crippen LogP contribution < -0.4 is 4.74 Å². The van der Waals surface area contributed by atoms with Gasteiger partial charge >= 0.3 is 6.18 Å². The summed E-state index contributed by atoms with van der Waals surface area (Å²) in [7, 11) is 1.56. The first-order chi connectivity index (χ1) is 9.43. The number of aryl methyl sites for hydroxylation is 1. The number of alkyl halides is 3. The summed E-state index contributed by atoms with van der Waals surface area (Å²) in [6.45, 7) is 1.49. The lowest BCUT2D eigenvalue weighted by molar-refractivity contribution is -0.270.